The molecule has 1 aromatic heterocycles. The summed E-state index contributed by atoms with van der Waals surface area (Å²) >= 11 is 0. The van der Waals surface area contributed by atoms with Crippen molar-refractivity contribution in [3.05, 3.63) is 18.3 Å². The van der Waals surface area contributed by atoms with Gasteiger partial charge < -0.3 is 15.2 Å². The molecule has 64 valence electrons. The highest BCUT2D eigenvalue weighted by molar-refractivity contribution is 5.32. The van der Waals surface area contributed by atoms with Crippen LogP contribution in [0.4, 0.5) is 5.82 Å². The van der Waals surface area contributed by atoms with Gasteiger partial charge in [0.1, 0.15) is 17.6 Å². The zero-order valence-corrected chi connectivity index (χ0v) is 6.07. The first-order valence-corrected chi connectivity index (χ1v) is 3.29. The van der Waals surface area contributed by atoms with Crippen LogP contribution in [0.5, 0.6) is 5.75 Å². The number of aromatic nitrogens is 1. The van der Waals surface area contributed by atoms with E-state index in [4.69, 9.17) is 17.3 Å². The van der Waals surface area contributed by atoms with Crippen LogP contribution in [0.3, 0.4) is 0 Å². The quantitative estimate of drug-likeness (QED) is 0.701. The van der Waals surface area contributed by atoms with Gasteiger partial charge >= 0.3 is 0 Å². The lowest BCUT2D eigenvalue weighted by Crippen LogP contribution is -2.38. The van der Waals surface area contributed by atoms with Crippen LogP contribution in [-0.4, -0.2) is 24.2 Å². The number of hydrogen-bond acceptors (Lipinski definition) is 4. The van der Waals surface area contributed by atoms with Gasteiger partial charge in [-0.3, -0.25) is 0 Å². The fourth-order valence-corrected chi connectivity index (χ4v) is 0.704. The van der Waals surface area contributed by atoms with E-state index in [-0.39, 0.29) is 11.6 Å². The Balaban J connectivity index is 2.25. The smallest absolute Gasteiger partial charge is 0.145 e. The van der Waals surface area contributed by atoms with Crippen LogP contribution < -0.4 is 10.5 Å². The molecule has 2 heterocycles. The van der Waals surface area contributed by atoms with E-state index in [1.54, 1.807) is 0 Å². The van der Waals surface area contributed by atoms with E-state index >= 15 is 0 Å². The SMILES string of the molecule is [2H]C1([2H])OC([2H])([2H])C1([2H])Oc1ccc(N)nc1. The van der Waals surface area contributed by atoms with Crippen molar-refractivity contribution in [1.82, 2.24) is 4.98 Å². The van der Waals surface area contributed by atoms with Gasteiger partial charge in [0.05, 0.1) is 26.2 Å². The topological polar surface area (TPSA) is 57.4 Å². The van der Waals surface area contributed by atoms with Crippen LogP contribution in [0.15, 0.2) is 18.3 Å². The van der Waals surface area contributed by atoms with Crippen molar-refractivity contribution in [1.29, 1.82) is 0 Å². The largest absolute Gasteiger partial charge is 0.484 e. The molecular weight excluding hydrogens is 156 g/mol. The van der Waals surface area contributed by atoms with Crippen molar-refractivity contribution in [2.75, 3.05) is 18.9 Å². The fourth-order valence-electron chi connectivity index (χ4n) is 0.704. The number of rotatable bonds is 2. The summed E-state index contributed by atoms with van der Waals surface area (Å²) in [5, 5.41) is 0. The molecule has 0 bridgehead atoms. The van der Waals surface area contributed by atoms with E-state index in [1.165, 1.54) is 18.3 Å². The predicted molar refractivity (Wildman–Crippen MR) is 43.9 cm³/mol. The first-order chi connectivity index (χ1) is 7.68. The highest BCUT2D eigenvalue weighted by Gasteiger charge is 2.19. The highest BCUT2D eigenvalue weighted by Crippen LogP contribution is 2.15. The molecule has 1 saturated heterocycles. The molecule has 0 unspecified atom stereocenters. The monoisotopic (exact) mass is 171 g/mol. The summed E-state index contributed by atoms with van der Waals surface area (Å²) in [6, 6.07) is 2.78. The molecule has 2 rings (SSSR count). The van der Waals surface area contributed by atoms with E-state index in [1.807, 2.05) is 0 Å². The second-order valence-electron chi connectivity index (χ2n) is 2.16. The molecule has 0 atom stereocenters. The van der Waals surface area contributed by atoms with Crippen LogP contribution in [-0.2, 0) is 4.74 Å². The summed E-state index contributed by atoms with van der Waals surface area (Å²) in [6.07, 6.45) is -1.28. The molecule has 0 aliphatic carbocycles. The first kappa shape index (κ1) is 3.62. The summed E-state index contributed by atoms with van der Waals surface area (Å²) in [4.78, 5) is 3.70. The third kappa shape index (κ3) is 1.48. The van der Waals surface area contributed by atoms with Gasteiger partial charge in [-0.15, -0.1) is 0 Å². The number of anilines is 1. The van der Waals surface area contributed by atoms with Crippen molar-refractivity contribution in [2.24, 2.45) is 0 Å². The average Bonchev–Trinajstić information content (AvgIpc) is 2.19. The van der Waals surface area contributed by atoms with Gasteiger partial charge in [0.15, 0.2) is 0 Å². The Kier molecular flexibility index (Phi) is 0.899. The number of pyridine rings is 1. The molecule has 4 heteroatoms. The minimum absolute atomic E-state index is 0.0465. The normalized spacial score (nSPS) is 34.2. The minimum atomic E-state index is -2.53. The Bertz CT molecular complexity index is 422. The number of ether oxygens (including phenoxy) is 2. The fraction of sp³-hybridized carbons (Fsp3) is 0.375. The van der Waals surface area contributed by atoms with Crippen LogP contribution >= 0.6 is 0 Å². The van der Waals surface area contributed by atoms with Gasteiger partial charge in [-0.1, -0.05) is 0 Å². The lowest BCUT2D eigenvalue weighted by Gasteiger charge is -2.26. The average molecular weight is 171 g/mol. The Morgan fingerprint density at radius 2 is 2.58 bits per heavy atom. The summed E-state index contributed by atoms with van der Waals surface area (Å²) in [7, 11) is 0. The van der Waals surface area contributed by atoms with E-state index in [9.17, 15) is 0 Å². The maximum atomic E-state index is 7.70. The van der Waals surface area contributed by atoms with E-state index < -0.39 is 19.2 Å². The molecule has 2 N–H and O–H groups in total. The van der Waals surface area contributed by atoms with E-state index in [0.29, 0.717) is 0 Å². The Morgan fingerprint density at radius 1 is 1.75 bits per heavy atom. The van der Waals surface area contributed by atoms with Gasteiger partial charge in [-0.05, 0) is 12.1 Å². The van der Waals surface area contributed by atoms with Crippen LogP contribution in [0.2, 0.25) is 0 Å². The maximum absolute atomic E-state index is 7.70. The number of nitrogens with two attached hydrogens (primary N) is 1. The molecule has 12 heavy (non-hydrogen) atoms. The predicted octanol–water partition coefficient (Wildman–Crippen LogP) is 0.441. The third-order valence-corrected chi connectivity index (χ3v) is 1.27. The first-order valence-electron chi connectivity index (χ1n) is 5.79. The molecule has 0 spiro atoms. The van der Waals surface area contributed by atoms with Gasteiger partial charge in [0.25, 0.3) is 0 Å². The summed E-state index contributed by atoms with van der Waals surface area (Å²) in [5.74, 6) is 0.289. The second-order valence-corrected chi connectivity index (χ2v) is 2.16. The minimum Gasteiger partial charge on any atom is -0.484 e. The number of nitrogens with zero attached hydrogens (tertiary/aromatic N) is 1. The summed E-state index contributed by atoms with van der Waals surface area (Å²) < 4.78 is 46.3. The van der Waals surface area contributed by atoms with E-state index in [2.05, 4.69) is 9.72 Å². The molecule has 4 nitrogen and oxygen atoms in total. The standard InChI is InChI=1S/C8H10N2O2/c9-8-2-1-6(3-10-8)12-7-4-11-5-7/h1-3,7H,4-5H2,(H2,9,10)/i4D2,5D2,7D. The van der Waals surface area contributed by atoms with Gasteiger partial charge in [-0.2, -0.15) is 0 Å². The van der Waals surface area contributed by atoms with E-state index in [0.717, 1.165) is 0 Å². The van der Waals surface area contributed by atoms with Gasteiger partial charge in [0.2, 0.25) is 0 Å². The molecular formula is C8H10N2O2. The zero-order valence-electron chi connectivity index (χ0n) is 11.1. The summed E-state index contributed by atoms with van der Waals surface area (Å²) in [6.45, 7) is -5.06. The molecule has 0 amide bonds. The molecule has 1 aliphatic heterocycles. The molecule has 0 saturated carbocycles. The summed E-state index contributed by atoms with van der Waals surface area (Å²) in [5.41, 5.74) is 5.36. The van der Waals surface area contributed by atoms with Crippen molar-refractivity contribution in [3.63, 3.8) is 0 Å². The molecule has 0 radical (unpaired) electrons. The Labute approximate surface area is 77.3 Å². The maximum Gasteiger partial charge on any atom is 0.145 e. The lowest BCUT2D eigenvalue weighted by molar-refractivity contribution is -0.0797. The molecule has 1 aliphatic rings. The molecule has 1 fully saturated rings. The van der Waals surface area contributed by atoms with Crippen molar-refractivity contribution < 1.29 is 16.3 Å². The van der Waals surface area contributed by atoms with Crippen molar-refractivity contribution in [3.8, 4) is 5.75 Å². The second kappa shape index (κ2) is 2.98. The molecule has 0 aromatic carbocycles. The highest BCUT2D eigenvalue weighted by atomic mass is 16.6. The Hall–Kier alpha value is -1.29. The Morgan fingerprint density at radius 3 is 3.17 bits per heavy atom. The number of hydrogen-bond donors (Lipinski definition) is 1. The van der Waals surface area contributed by atoms with Crippen molar-refractivity contribution in [2.45, 2.75) is 6.08 Å². The van der Waals surface area contributed by atoms with Crippen LogP contribution in [0.25, 0.3) is 0 Å². The van der Waals surface area contributed by atoms with Gasteiger partial charge in [0, 0.05) is 0 Å². The third-order valence-electron chi connectivity index (χ3n) is 1.27. The number of nitrogen functional groups attached to an aromatic ring is 1. The lowest BCUT2D eigenvalue weighted by atomic mass is 10.3. The van der Waals surface area contributed by atoms with Gasteiger partial charge in [-0.25, -0.2) is 4.98 Å². The zero-order chi connectivity index (χ0) is 12.9. The van der Waals surface area contributed by atoms with Crippen LogP contribution in [0.1, 0.15) is 6.85 Å². The van der Waals surface area contributed by atoms with Crippen LogP contribution in [0, 0.1) is 0 Å². The molecule has 1 aromatic rings. The van der Waals surface area contributed by atoms with Crippen molar-refractivity contribution >= 4 is 5.82 Å².